The molecule has 0 rings (SSSR count). The van der Waals surface area contributed by atoms with Gasteiger partial charge in [0.2, 0.25) is 0 Å². The van der Waals surface area contributed by atoms with Gasteiger partial charge in [0.1, 0.15) is 19.8 Å². The van der Waals surface area contributed by atoms with Gasteiger partial charge >= 0.3 is 11.9 Å². The maximum absolute atomic E-state index is 12.9. The lowest BCUT2D eigenvalue weighted by Crippen LogP contribution is -2.37. The average molecular weight is 1400 g/mol. The minimum absolute atomic E-state index is 0.0413. The second kappa shape index (κ2) is 77.7. The van der Waals surface area contributed by atoms with Crippen LogP contribution in [0.25, 0.3) is 0 Å². The number of phosphoric ester groups is 1. The Bertz CT molecular complexity index is 2450. The van der Waals surface area contributed by atoms with E-state index < -0.39 is 32.5 Å². The van der Waals surface area contributed by atoms with Crippen LogP contribution in [0.2, 0.25) is 0 Å². The summed E-state index contributed by atoms with van der Waals surface area (Å²) >= 11 is 0. The average Bonchev–Trinajstić information content (AvgIpc) is 1.02. The molecular formula is C90H146NO8P. The first-order valence-electron chi connectivity index (χ1n) is 39.8. The van der Waals surface area contributed by atoms with Gasteiger partial charge in [-0.2, -0.15) is 0 Å². The largest absolute Gasteiger partial charge is 0.756 e. The number of allylic oxidation sites excluding steroid dienone is 34. The number of rotatable bonds is 71. The van der Waals surface area contributed by atoms with Gasteiger partial charge in [0.15, 0.2) is 6.10 Å². The lowest BCUT2D eigenvalue weighted by Gasteiger charge is -2.28. The zero-order valence-corrected chi connectivity index (χ0v) is 65.2. The summed E-state index contributed by atoms with van der Waals surface area (Å²) in [5.41, 5.74) is 0. The predicted molar refractivity (Wildman–Crippen MR) is 433 cm³/mol. The summed E-state index contributed by atoms with van der Waals surface area (Å²) < 4.78 is 34.4. The van der Waals surface area contributed by atoms with Crippen LogP contribution in [0.5, 0.6) is 0 Å². The summed E-state index contributed by atoms with van der Waals surface area (Å²) in [4.78, 5) is 38.2. The molecule has 2 unspecified atom stereocenters. The summed E-state index contributed by atoms with van der Waals surface area (Å²) in [6.07, 6.45) is 122. The van der Waals surface area contributed by atoms with Gasteiger partial charge in [-0.25, -0.2) is 0 Å². The molecule has 0 aromatic rings. The molecule has 2 atom stereocenters. The molecule has 0 spiro atoms. The van der Waals surface area contributed by atoms with E-state index in [9.17, 15) is 19.0 Å². The van der Waals surface area contributed by atoms with Crippen LogP contribution in [0.4, 0.5) is 0 Å². The molecule has 0 aliphatic carbocycles. The van der Waals surface area contributed by atoms with Crippen molar-refractivity contribution in [2.75, 3.05) is 47.5 Å². The van der Waals surface area contributed by atoms with E-state index >= 15 is 0 Å². The maximum Gasteiger partial charge on any atom is 0.306 e. The lowest BCUT2D eigenvalue weighted by atomic mass is 10.0. The van der Waals surface area contributed by atoms with Crippen LogP contribution in [0.3, 0.4) is 0 Å². The quantitative estimate of drug-likeness (QED) is 0.0195. The van der Waals surface area contributed by atoms with Crippen molar-refractivity contribution in [1.82, 2.24) is 0 Å². The van der Waals surface area contributed by atoms with Crippen LogP contribution in [0, 0.1) is 0 Å². The van der Waals surface area contributed by atoms with E-state index in [-0.39, 0.29) is 26.1 Å². The van der Waals surface area contributed by atoms with Gasteiger partial charge in [0.05, 0.1) is 27.7 Å². The molecule has 0 aliphatic rings. The molecule has 564 valence electrons. The Hall–Kier alpha value is -5.41. The first-order chi connectivity index (χ1) is 49.0. The van der Waals surface area contributed by atoms with Crippen LogP contribution in [-0.2, 0) is 32.7 Å². The van der Waals surface area contributed by atoms with Gasteiger partial charge < -0.3 is 27.9 Å². The molecule has 0 radical (unpaired) electrons. The lowest BCUT2D eigenvalue weighted by molar-refractivity contribution is -0.870. The number of ether oxygens (including phenoxy) is 2. The zero-order chi connectivity index (χ0) is 72.5. The molecule has 0 saturated heterocycles. The van der Waals surface area contributed by atoms with E-state index in [0.717, 1.165) is 161 Å². The highest BCUT2D eigenvalue weighted by Crippen LogP contribution is 2.38. The highest BCUT2D eigenvalue weighted by Gasteiger charge is 2.22. The van der Waals surface area contributed by atoms with E-state index in [0.29, 0.717) is 17.4 Å². The van der Waals surface area contributed by atoms with Crippen molar-refractivity contribution in [3.05, 3.63) is 207 Å². The molecule has 10 heteroatoms. The summed E-state index contributed by atoms with van der Waals surface area (Å²) in [6, 6.07) is 0. The fourth-order valence-corrected chi connectivity index (χ4v) is 11.0. The maximum atomic E-state index is 12.9. The molecule has 0 fully saturated rings. The highest BCUT2D eigenvalue weighted by atomic mass is 31.2. The number of hydrogen-bond acceptors (Lipinski definition) is 8. The number of unbranched alkanes of at least 4 members (excludes halogenated alkanes) is 23. The number of hydrogen-bond donors (Lipinski definition) is 0. The van der Waals surface area contributed by atoms with Gasteiger partial charge in [0, 0.05) is 12.8 Å². The predicted octanol–water partition coefficient (Wildman–Crippen LogP) is 26.3. The van der Waals surface area contributed by atoms with Gasteiger partial charge in [-0.3, -0.25) is 14.2 Å². The van der Waals surface area contributed by atoms with Crippen molar-refractivity contribution in [2.24, 2.45) is 0 Å². The summed E-state index contributed by atoms with van der Waals surface area (Å²) in [5.74, 6) is -0.848. The SMILES string of the molecule is CC/C=C\C/C=C\C/C=C\C/C=C\C/C=C\C/C=C\C/C=C\C/C=C\C/C=C\CCCCCCCCCCCC(=O)OC(COC(=O)CCCCCCCCCCCCCCCC/C=C\C/C=C\C/C=C\C/C=C\C/C=C\C/C=C\C/C=C\C/C=C\CC)COP(=O)([O-])OCC[N+](C)(C)C. The van der Waals surface area contributed by atoms with Crippen molar-refractivity contribution in [2.45, 2.75) is 302 Å². The minimum Gasteiger partial charge on any atom is -0.756 e. The van der Waals surface area contributed by atoms with Crippen LogP contribution in [0.1, 0.15) is 296 Å². The van der Waals surface area contributed by atoms with Crippen LogP contribution in [0.15, 0.2) is 207 Å². The molecule has 9 nitrogen and oxygen atoms in total. The van der Waals surface area contributed by atoms with Gasteiger partial charge in [-0.05, 0) is 148 Å². The van der Waals surface area contributed by atoms with E-state index in [2.05, 4.69) is 220 Å². The number of likely N-dealkylation sites (N-methyl/N-ethyl adjacent to an activating group) is 1. The van der Waals surface area contributed by atoms with Crippen molar-refractivity contribution in [1.29, 1.82) is 0 Å². The molecule has 0 N–H and O–H groups in total. The Kier molecular flexibility index (Phi) is 73.5. The molecule has 100 heavy (non-hydrogen) atoms. The van der Waals surface area contributed by atoms with Crippen molar-refractivity contribution in [3.8, 4) is 0 Å². The molecule has 0 saturated carbocycles. The normalized spacial score (nSPS) is 14.2. The topological polar surface area (TPSA) is 111 Å². The second-order valence-corrected chi connectivity index (χ2v) is 28.4. The van der Waals surface area contributed by atoms with E-state index in [1.54, 1.807) is 0 Å². The fourth-order valence-electron chi connectivity index (χ4n) is 10.3. The van der Waals surface area contributed by atoms with Crippen molar-refractivity contribution in [3.63, 3.8) is 0 Å². The third-order valence-electron chi connectivity index (χ3n) is 16.3. The monoisotopic (exact) mass is 1400 g/mol. The first-order valence-corrected chi connectivity index (χ1v) is 41.3. The zero-order valence-electron chi connectivity index (χ0n) is 64.3. The molecule has 0 aliphatic heterocycles. The van der Waals surface area contributed by atoms with E-state index in [1.165, 1.54) is 103 Å². The molecule has 0 bridgehead atoms. The standard InChI is InChI=1S/C90H146NO8P/c1-6-8-10-12-14-16-18-20-22-24-26-28-30-32-34-36-38-40-42-44-45-47-48-50-52-54-56-58-60-62-64-66-68-70-72-74-76-78-80-82-89(92)96-86-88(87-98-100(94,95)97-85-84-91(3,4)5)99-90(93)83-81-79-77-75-73-71-69-67-65-63-61-59-57-55-53-51-49-46-43-41-39-37-35-33-31-29-27-25-23-21-19-17-15-13-11-9-7-2/h8-11,14-17,20-23,26-29,32-35,38-41,44-46,48-50,53,55,59,61,88H,6-7,12-13,18-19,24-25,30-31,36-37,42-43,47,51-52,54,56-58,60,62-87H2,1-5H3/b10-8-,11-9-,16-14-,17-15-,22-20-,23-21-,28-26-,29-27-,34-32-,35-33-,40-38-,41-39-,45-44-,49-46-,50-48-,55-53-,61-59-. The number of esters is 2. The van der Waals surface area contributed by atoms with E-state index in [4.69, 9.17) is 18.5 Å². The third-order valence-corrected chi connectivity index (χ3v) is 17.3. The smallest absolute Gasteiger partial charge is 0.306 e. The Morgan fingerprint density at radius 2 is 0.540 bits per heavy atom. The van der Waals surface area contributed by atoms with E-state index in [1.807, 2.05) is 21.1 Å². The molecule has 0 aromatic carbocycles. The van der Waals surface area contributed by atoms with Gasteiger partial charge in [-0.1, -0.05) is 342 Å². The minimum atomic E-state index is -4.66. The Labute approximate surface area is 615 Å². The van der Waals surface area contributed by atoms with Crippen LogP contribution < -0.4 is 4.89 Å². The van der Waals surface area contributed by atoms with Crippen molar-refractivity contribution >= 4 is 19.8 Å². The number of carbonyl (C=O) groups is 2. The fraction of sp³-hybridized carbons (Fsp3) is 0.600. The van der Waals surface area contributed by atoms with Gasteiger partial charge in [-0.15, -0.1) is 0 Å². The summed E-state index contributed by atoms with van der Waals surface area (Å²) in [6.45, 7) is 4.00. The molecule has 0 amide bonds. The Balaban J connectivity index is 4.07. The first kappa shape index (κ1) is 94.6. The van der Waals surface area contributed by atoms with Crippen LogP contribution >= 0.6 is 7.82 Å². The molecule has 0 aromatic heterocycles. The van der Waals surface area contributed by atoms with Gasteiger partial charge in [0.25, 0.3) is 7.82 Å². The Morgan fingerprint density at radius 3 is 0.800 bits per heavy atom. The summed E-state index contributed by atoms with van der Waals surface area (Å²) in [7, 11) is 1.14. The second-order valence-electron chi connectivity index (χ2n) is 27.0. The number of nitrogens with zero attached hydrogens (tertiary/aromatic N) is 1. The number of quaternary nitrogens is 1. The molecule has 0 heterocycles. The summed E-state index contributed by atoms with van der Waals surface area (Å²) in [5, 5.41) is 0. The van der Waals surface area contributed by atoms with Crippen LogP contribution in [-0.4, -0.2) is 70.0 Å². The third kappa shape index (κ3) is 81.6. The molecular weight excluding hydrogens is 1250 g/mol. The Morgan fingerprint density at radius 1 is 0.310 bits per heavy atom. The van der Waals surface area contributed by atoms with Crippen molar-refractivity contribution < 1.29 is 42.1 Å². The number of carbonyl (C=O) groups excluding carboxylic acids is 2. The highest BCUT2D eigenvalue weighted by molar-refractivity contribution is 7.45. The number of phosphoric acid groups is 1.